The van der Waals surface area contributed by atoms with Crippen molar-refractivity contribution in [2.24, 2.45) is 0 Å². The molecule has 3 unspecified atom stereocenters. The summed E-state index contributed by atoms with van der Waals surface area (Å²) in [5.41, 5.74) is -3.02. The molecular weight excluding hydrogens is 477 g/mol. The van der Waals surface area contributed by atoms with Crippen LogP contribution in [0.25, 0.3) is 0 Å². The second-order valence-electron chi connectivity index (χ2n) is 9.33. The monoisotopic (exact) mass is 506 g/mol. The largest absolute Gasteiger partial charge is 0.427 e. The van der Waals surface area contributed by atoms with Crippen LogP contribution in [0.4, 0.5) is 18.0 Å². The van der Waals surface area contributed by atoms with Gasteiger partial charge in [0.1, 0.15) is 11.3 Å². The van der Waals surface area contributed by atoms with Gasteiger partial charge in [0.2, 0.25) is 0 Å². The van der Waals surface area contributed by atoms with Gasteiger partial charge >= 0.3 is 17.8 Å². The summed E-state index contributed by atoms with van der Waals surface area (Å²) in [6, 6.07) is 0.130. The van der Waals surface area contributed by atoms with Crippen LogP contribution >= 0.6 is 11.6 Å². The van der Waals surface area contributed by atoms with Crippen LogP contribution in [0.5, 0.6) is 0 Å². The molecule has 1 aliphatic heterocycles. The predicted octanol–water partition coefficient (Wildman–Crippen LogP) is 4.54. The fourth-order valence-corrected chi connectivity index (χ4v) is 5.01. The molecule has 1 aromatic rings. The van der Waals surface area contributed by atoms with Gasteiger partial charge in [-0.2, -0.15) is 13.2 Å². The number of fused-ring (bicyclic) bond motifs is 1. The molecule has 11 heteroatoms. The van der Waals surface area contributed by atoms with Crippen molar-refractivity contribution in [3.63, 3.8) is 0 Å². The van der Waals surface area contributed by atoms with E-state index in [-0.39, 0.29) is 42.8 Å². The summed E-state index contributed by atoms with van der Waals surface area (Å²) < 4.78 is 51.8. The minimum absolute atomic E-state index is 0.00195. The Bertz CT molecular complexity index is 994. The number of nitrogens with zero attached hydrogens (tertiary/aromatic N) is 2. The molecule has 0 spiro atoms. The average molecular weight is 507 g/mol. The van der Waals surface area contributed by atoms with E-state index in [1.54, 1.807) is 20.9 Å². The number of likely N-dealkylation sites (N-methyl/N-ethyl adjacent to an activating group) is 1. The molecular formula is C23H30ClF3N2O5. The third-order valence-electron chi connectivity index (χ3n) is 6.70. The van der Waals surface area contributed by atoms with Gasteiger partial charge in [-0.05, 0) is 39.5 Å². The highest BCUT2D eigenvalue weighted by Crippen LogP contribution is 2.43. The van der Waals surface area contributed by atoms with Gasteiger partial charge in [0.25, 0.3) is 5.91 Å². The molecule has 190 valence electrons. The molecule has 7 nitrogen and oxygen atoms in total. The number of unbranched alkanes of at least 4 members (excludes halogenated alkanes) is 1. The predicted molar refractivity (Wildman–Crippen MR) is 119 cm³/mol. The van der Waals surface area contributed by atoms with E-state index in [9.17, 15) is 27.6 Å². The number of carbonyl (C=O) groups excluding carboxylic acids is 2. The number of urea groups is 1. The van der Waals surface area contributed by atoms with E-state index in [4.69, 9.17) is 20.8 Å². The van der Waals surface area contributed by atoms with Crippen LogP contribution in [0.2, 0.25) is 0 Å². The number of rotatable bonds is 8. The number of amides is 3. The van der Waals surface area contributed by atoms with Gasteiger partial charge in [0, 0.05) is 37.7 Å². The summed E-state index contributed by atoms with van der Waals surface area (Å²) >= 11 is 6.49. The lowest BCUT2D eigenvalue weighted by atomic mass is 9.80. The van der Waals surface area contributed by atoms with Crippen LogP contribution in [0.1, 0.15) is 69.3 Å². The maximum Gasteiger partial charge on any atom is 0.417 e. The van der Waals surface area contributed by atoms with E-state index in [1.807, 2.05) is 6.92 Å². The van der Waals surface area contributed by atoms with Crippen molar-refractivity contribution in [1.82, 2.24) is 9.80 Å². The van der Waals surface area contributed by atoms with Gasteiger partial charge in [0.05, 0.1) is 17.0 Å². The zero-order valence-corrected chi connectivity index (χ0v) is 20.5. The molecule has 0 saturated carbocycles. The molecule has 1 aromatic heterocycles. The highest BCUT2D eigenvalue weighted by molar-refractivity contribution is 6.21. The first-order valence-electron chi connectivity index (χ1n) is 11.4. The Morgan fingerprint density at radius 1 is 1.24 bits per heavy atom. The molecule has 2 aliphatic rings. The molecule has 0 aromatic carbocycles. The summed E-state index contributed by atoms with van der Waals surface area (Å²) in [7, 11) is 1.58. The lowest BCUT2D eigenvalue weighted by molar-refractivity contribution is -0.139. The second-order valence-corrected chi connectivity index (χ2v) is 9.90. The van der Waals surface area contributed by atoms with E-state index >= 15 is 0 Å². The molecule has 0 radical (unpaired) electrons. The van der Waals surface area contributed by atoms with Crippen LogP contribution in [-0.2, 0) is 22.1 Å². The van der Waals surface area contributed by atoms with Crippen LogP contribution in [-0.4, -0.2) is 59.0 Å². The number of alkyl halides is 4. The minimum atomic E-state index is -4.69. The van der Waals surface area contributed by atoms with Crippen LogP contribution < -0.4 is 5.63 Å². The number of halogens is 4. The number of carbonyl (C=O) groups is 2. The van der Waals surface area contributed by atoms with E-state index in [0.717, 1.165) is 0 Å². The van der Waals surface area contributed by atoms with Crippen molar-refractivity contribution < 1.29 is 31.9 Å². The lowest BCUT2D eigenvalue weighted by Gasteiger charge is -2.36. The Hall–Kier alpha value is -2.07. The molecule has 0 bridgehead atoms. The van der Waals surface area contributed by atoms with Gasteiger partial charge in [0.15, 0.2) is 0 Å². The maximum absolute atomic E-state index is 13.5. The molecule has 1 saturated heterocycles. The first-order chi connectivity index (χ1) is 15.8. The van der Waals surface area contributed by atoms with E-state index in [1.165, 1.54) is 9.80 Å². The second kappa shape index (κ2) is 9.89. The standard InChI is InChI=1S/C23H30ClF3N2O5/c1-5-8-13-18-14(15(23(25,26)27)12-17(30)34-18)11-16(24)19(13)33-10-7-6-9-29-20(31)22(2,3)28(4)21(29)32/h12-13,16,19H,5-11H2,1-4H3. The first kappa shape index (κ1) is 26.5. The third-order valence-corrected chi connectivity index (χ3v) is 7.10. The van der Waals surface area contributed by atoms with Gasteiger partial charge in [-0.25, -0.2) is 9.59 Å². The average Bonchev–Trinajstić information content (AvgIpc) is 2.89. The molecule has 1 aliphatic carbocycles. The quantitative estimate of drug-likeness (QED) is 0.294. The minimum Gasteiger partial charge on any atom is -0.427 e. The lowest BCUT2D eigenvalue weighted by Crippen LogP contribution is -2.41. The van der Waals surface area contributed by atoms with Gasteiger partial charge in [-0.1, -0.05) is 13.3 Å². The van der Waals surface area contributed by atoms with Crippen molar-refractivity contribution in [3.05, 3.63) is 33.4 Å². The van der Waals surface area contributed by atoms with Crippen molar-refractivity contribution in [3.8, 4) is 0 Å². The molecule has 2 heterocycles. The normalized spacial score (nSPS) is 24.6. The Morgan fingerprint density at radius 2 is 1.91 bits per heavy atom. The van der Waals surface area contributed by atoms with Crippen molar-refractivity contribution in [2.45, 2.75) is 82.0 Å². The summed E-state index contributed by atoms with van der Waals surface area (Å²) in [6.45, 7) is 5.74. The van der Waals surface area contributed by atoms with Crippen LogP contribution in [0, 0.1) is 0 Å². The molecule has 3 rings (SSSR count). The first-order valence-corrected chi connectivity index (χ1v) is 11.8. The Kier molecular flexibility index (Phi) is 7.72. The zero-order valence-electron chi connectivity index (χ0n) is 19.7. The highest BCUT2D eigenvalue weighted by Gasteiger charge is 2.49. The van der Waals surface area contributed by atoms with E-state index in [2.05, 4.69) is 0 Å². The Balaban J connectivity index is 1.67. The SMILES string of the molecule is CCCC1c2oc(=O)cc(C(F)(F)F)c2CC(Cl)C1OCCCCN1C(=O)N(C)C(C)(C)C1=O. The fraction of sp³-hybridized carbons (Fsp3) is 0.696. The van der Waals surface area contributed by atoms with E-state index < -0.39 is 40.3 Å². The molecule has 3 amide bonds. The smallest absolute Gasteiger partial charge is 0.417 e. The Labute approximate surface area is 201 Å². The maximum atomic E-state index is 13.5. The van der Waals surface area contributed by atoms with Crippen molar-refractivity contribution in [2.75, 3.05) is 20.2 Å². The summed E-state index contributed by atoms with van der Waals surface area (Å²) in [4.78, 5) is 39.3. The molecule has 34 heavy (non-hydrogen) atoms. The summed E-state index contributed by atoms with van der Waals surface area (Å²) in [5, 5.41) is -0.728. The zero-order chi connectivity index (χ0) is 25.4. The van der Waals surface area contributed by atoms with Crippen molar-refractivity contribution >= 4 is 23.5 Å². The van der Waals surface area contributed by atoms with Crippen molar-refractivity contribution in [1.29, 1.82) is 0 Å². The van der Waals surface area contributed by atoms with Gasteiger partial charge in [-0.15, -0.1) is 11.6 Å². The highest BCUT2D eigenvalue weighted by atomic mass is 35.5. The topological polar surface area (TPSA) is 80.1 Å². The molecule has 1 fully saturated rings. The summed E-state index contributed by atoms with van der Waals surface area (Å²) in [5.74, 6) is -0.839. The third kappa shape index (κ3) is 4.98. The molecule has 0 N–H and O–H groups in total. The summed E-state index contributed by atoms with van der Waals surface area (Å²) in [6.07, 6.45) is -3.34. The molecule has 3 atom stereocenters. The number of hydrogen-bond donors (Lipinski definition) is 0. The van der Waals surface area contributed by atoms with Crippen LogP contribution in [0.3, 0.4) is 0 Å². The van der Waals surface area contributed by atoms with Gasteiger partial charge < -0.3 is 14.1 Å². The number of ether oxygens (including phenoxy) is 1. The van der Waals surface area contributed by atoms with Gasteiger partial charge in [-0.3, -0.25) is 9.69 Å². The fourth-order valence-electron chi connectivity index (χ4n) is 4.61. The Morgan fingerprint density at radius 3 is 2.47 bits per heavy atom. The van der Waals surface area contributed by atoms with E-state index in [0.29, 0.717) is 31.7 Å². The van der Waals surface area contributed by atoms with Crippen LogP contribution in [0.15, 0.2) is 15.3 Å². The number of hydrogen-bond acceptors (Lipinski definition) is 5. The number of imide groups is 1.